The third-order valence-corrected chi connectivity index (χ3v) is 14.0. The Morgan fingerprint density at radius 2 is 1.17 bits per heavy atom. The minimum absolute atomic E-state index is 0.108. The molecule has 15 heteroatoms. The van der Waals surface area contributed by atoms with Gasteiger partial charge in [-0.15, -0.1) is 0 Å². The van der Waals surface area contributed by atoms with Crippen molar-refractivity contribution in [1.29, 1.82) is 0 Å². The summed E-state index contributed by atoms with van der Waals surface area (Å²) < 4.78 is 37.5. The first kappa shape index (κ1) is 39.4. The van der Waals surface area contributed by atoms with E-state index in [1.165, 1.54) is 32.9 Å². The zero-order valence-corrected chi connectivity index (χ0v) is 32.8. The second-order valence-corrected chi connectivity index (χ2v) is 16.7. The Hall–Kier alpha value is -5.41. The van der Waals surface area contributed by atoms with E-state index in [1.807, 2.05) is 4.90 Å². The van der Waals surface area contributed by atoms with Crippen molar-refractivity contribution in [2.75, 3.05) is 7.05 Å². The van der Waals surface area contributed by atoms with Crippen molar-refractivity contribution in [2.45, 2.75) is 89.4 Å². The maximum Gasteiger partial charge on any atom is 0.338 e. The summed E-state index contributed by atoms with van der Waals surface area (Å²) in [7, 11) is 1.72. The van der Waals surface area contributed by atoms with Crippen LogP contribution in [-0.4, -0.2) is 114 Å². The molecule has 2 aromatic rings. The number of ether oxygens (including phenoxy) is 6. The van der Waals surface area contributed by atoms with Crippen LogP contribution >= 0.6 is 0 Å². The molecule has 6 saturated carbocycles. The highest BCUT2D eigenvalue weighted by Gasteiger charge is 2.97. The first-order valence-corrected chi connectivity index (χ1v) is 19.2. The van der Waals surface area contributed by atoms with Gasteiger partial charge >= 0.3 is 35.8 Å². The highest BCUT2D eigenvalue weighted by molar-refractivity contribution is 5.90. The fourth-order valence-corrected chi connectivity index (χ4v) is 13.0. The highest BCUT2D eigenvalue weighted by atomic mass is 16.6. The number of aliphatic hydroxyl groups excluding tert-OH is 1. The molecule has 0 radical (unpaired) electrons. The van der Waals surface area contributed by atoms with Crippen LogP contribution in [0.2, 0.25) is 0 Å². The second-order valence-electron chi connectivity index (χ2n) is 16.7. The topological polar surface area (TPSA) is 198 Å². The molecule has 0 unspecified atom stereocenters. The van der Waals surface area contributed by atoms with Crippen LogP contribution in [0.15, 0.2) is 72.8 Å². The van der Waals surface area contributed by atoms with Gasteiger partial charge in [-0.3, -0.25) is 24.1 Å². The van der Waals surface area contributed by atoms with Crippen LogP contribution in [0.3, 0.4) is 0 Å². The molecule has 15 nitrogen and oxygen atoms in total. The monoisotopic (exact) mass is 799 g/mol. The summed E-state index contributed by atoms with van der Waals surface area (Å²) >= 11 is 0. The zero-order chi connectivity index (χ0) is 41.8. The molecule has 7 bridgehead atoms. The van der Waals surface area contributed by atoms with E-state index in [4.69, 9.17) is 28.4 Å². The van der Waals surface area contributed by atoms with Crippen molar-refractivity contribution < 1.29 is 67.1 Å². The molecule has 0 amide bonds. The largest absolute Gasteiger partial charge is 0.461 e. The van der Waals surface area contributed by atoms with Crippen molar-refractivity contribution >= 4 is 42.1 Å². The minimum Gasteiger partial charge on any atom is -0.461 e. The number of likely N-dealkylation sites (N-methyl/N-ethyl adjacent to an activating group) is 1. The van der Waals surface area contributed by atoms with Gasteiger partial charge in [0.05, 0.1) is 34.0 Å². The Labute approximate surface area is 333 Å². The predicted molar refractivity (Wildman–Crippen MR) is 197 cm³/mol. The number of piperidine rings is 1. The lowest BCUT2D eigenvalue weighted by molar-refractivity contribution is -0.319. The average molecular weight is 800 g/mol. The van der Waals surface area contributed by atoms with Gasteiger partial charge in [0, 0.05) is 62.9 Å². The van der Waals surface area contributed by atoms with Gasteiger partial charge in [0.1, 0.15) is 24.6 Å². The molecule has 306 valence electrons. The van der Waals surface area contributed by atoms with Gasteiger partial charge in [0.15, 0.2) is 18.3 Å². The lowest BCUT2D eigenvalue weighted by Gasteiger charge is -2.71. The molecule has 2 saturated heterocycles. The smallest absolute Gasteiger partial charge is 0.338 e. The summed E-state index contributed by atoms with van der Waals surface area (Å²) in [6.07, 6.45) is -9.41. The van der Waals surface area contributed by atoms with Crippen LogP contribution in [0.5, 0.6) is 0 Å². The fourth-order valence-electron chi connectivity index (χ4n) is 13.0. The Kier molecular flexibility index (Phi) is 9.23. The fraction of sp³-hybridized carbons (Fsp3) is 0.512. The number of rotatable bonds is 9. The number of nitrogens with zero attached hydrogens (tertiary/aromatic N) is 1. The molecule has 2 aromatic carbocycles. The Morgan fingerprint density at radius 3 is 1.67 bits per heavy atom. The van der Waals surface area contributed by atoms with E-state index in [-0.39, 0.29) is 16.7 Å². The molecule has 8 aliphatic rings. The molecular weight excluding hydrogens is 754 g/mol. The van der Waals surface area contributed by atoms with E-state index < -0.39 is 131 Å². The third kappa shape index (κ3) is 5.01. The molecule has 2 heterocycles. The molecule has 1 N–H and O–H groups in total. The predicted octanol–water partition coefficient (Wildman–Crippen LogP) is 2.47. The van der Waals surface area contributed by atoms with Crippen molar-refractivity contribution in [3.63, 3.8) is 0 Å². The van der Waals surface area contributed by atoms with Crippen LogP contribution in [0.1, 0.15) is 55.3 Å². The Balaban J connectivity index is 1.44. The number of benzene rings is 2. The summed E-state index contributed by atoms with van der Waals surface area (Å²) in [4.78, 5) is 96.8. The van der Waals surface area contributed by atoms with Gasteiger partial charge in [0.25, 0.3) is 0 Å². The van der Waals surface area contributed by atoms with Gasteiger partial charge < -0.3 is 38.3 Å². The van der Waals surface area contributed by atoms with E-state index in [9.17, 15) is 38.7 Å². The Morgan fingerprint density at radius 1 is 0.672 bits per heavy atom. The molecule has 8 fully saturated rings. The van der Waals surface area contributed by atoms with Crippen molar-refractivity contribution in [3.05, 3.63) is 83.9 Å². The number of carbonyl (C=O) groups is 7. The number of hydrogen-bond donors (Lipinski definition) is 1. The lowest BCUT2D eigenvalue weighted by atomic mass is 9.36. The molecule has 16 atom stereocenters. The van der Waals surface area contributed by atoms with Crippen LogP contribution in [0.4, 0.5) is 0 Å². The molecule has 6 aliphatic carbocycles. The van der Waals surface area contributed by atoms with E-state index >= 15 is 0 Å². The maximum atomic E-state index is 14.1. The van der Waals surface area contributed by atoms with E-state index in [0.717, 1.165) is 13.8 Å². The van der Waals surface area contributed by atoms with E-state index in [2.05, 4.69) is 6.58 Å². The standard InChI is InChI=1S/C43H45NO14/c1-19-26-29(57-39(51)24-14-10-8-11-15-24)27-34-43-32(28(44(34)7)35(50)42(27,36(19)54-21(3)47)33(43)30(26)53-20(2)46)41(6,18-45)37(55-22(4)48)31(38(43)56-23(5)49)58-40(52)25-16-12-9-13-17-25/h8-18,26-38,50H,1H2,2-7H3/t26-,27+,28+,29+,30+,31-,32+,33+,34+,35+,36-,37-,38+,41-,42+,43+/m0/s1. The lowest BCUT2D eigenvalue weighted by Crippen LogP contribution is -2.82. The van der Waals surface area contributed by atoms with Crippen molar-refractivity contribution in [2.24, 2.45) is 39.9 Å². The molecule has 10 rings (SSSR count). The summed E-state index contributed by atoms with van der Waals surface area (Å²) in [6.45, 7) is 10.6. The van der Waals surface area contributed by atoms with Crippen LogP contribution < -0.4 is 0 Å². The zero-order valence-electron chi connectivity index (χ0n) is 32.8. The maximum absolute atomic E-state index is 14.1. The first-order chi connectivity index (χ1) is 27.5. The van der Waals surface area contributed by atoms with Gasteiger partial charge in [0.2, 0.25) is 0 Å². The van der Waals surface area contributed by atoms with Crippen LogP contribution in [0, 0.1) is 39.9 Å². The van der Waals surface area contributed by atoms with Crippen LogP contribution in [0.25, 0.3) is 0 Å². The number of carbonyl (C=O) groups excluding carboxylic acids is 7. The van der Waals surface area contributed by atoms with Crippen LogP contribution in [-0.2, 0) is 52.4 Å². The average Bonchev–Trinajstić information content (AvgIpc) is 3.51. The highest BCUT2D eigenvalue weighted by Crippen LogP contribution is 2.85. The summed E-state index contributed by atoms with van der Waals surface area (Å²) in [5.41, 5.74) is -4.50. The van der Waals surface area contributed by atoms with Crippen molar-refractivity contribution in [1.82, 2.24) is 4.90 Å². The SMILES string of the molecule is C=C1[C@H]2[C@@H](OC(=O)c3ccccc3)[C@@H]3[C@H]4N(C)[C@H]5[C@@H](O)[C@@]3([C@@H]([C@@H]2OC(C)=O)[C@@]42[C@H](OC(C)=O)[C@@H](OC(=O)c3ccccc3)[C@H](OC(C)=O)[C@@](C)(C=O)[C@@H]52)[C@H]1OC(C)=O. The molecule has 2 aliphatic heterocycles. The van der Waals surface area contributed by atoms with E-state index in [0.29, 0.717) is 6.29 Å². The number of hydrogen-bond acceptors (Lipinski definition) is 15. The molecule has 2 spiro atoms. The second kappa shape index (κ2) is 13.6. The van der Waals surface area contributed by atoms with Gasteiger partial charge in [-0.1, -0.05) is 43.0 Å². The Bertz CT molecular complexity index is 2110. The third-order valence-electron chi connectivity index (χ3n) is 14.0. The summed E-state index contributed by atoms with van der Waals surface area (Å²) in [5, 5.41) is 13.2. The minimum atomic E-state index is -1.79. The summed E-state index contributed by atoms with van der Waals surface area (Å²) in [6, 6.07) is 14.2. The molecular formula is C43H45NO14. The normalized spacial score (nSPS) is 41.2. The van der Waals surface area contributed by atoms with Gasteiger partial charge in [-0.05, 0) is 43.8 Å². The van der Waals surface area contributed by atoms with E-state index in [1.54, 1.807) is 55.6 Å². The number of fused-ring (bicyclic) bond motifs is 1. The number of aliphatic hydroxyl groups is 1. The van der Waals surface area contributed by atoms with Crippen molar-refractivity contribution in [3.8, 4) is 0 Å². The quantitative estimate of drug-likeness (QED) is 0.168. The van der Waals surface area contributed by atoms with Gasteiger partial charge in [-0.25, -0.2) is 9.59 Å². The summed E-state index contributed by atoms with van der Waals surface area (Å²) in [5.74, 6) is -8.91. The molecule has 58 heavy (non-hydrogen) atoms. The number of aldehydes is 1. The molecule has 0 aromatic heterocycles. The van der Waals surface area contributed by atoms with Gasteiger partial charge in [-0.2, -0.15) is 0 Å². The number of esters is 6. The first-order valence-electron chi connectivity index (χ1n) is 19.2.